The zero-order valence-electron chi connectivity index (χ0n) is 13.4. The normalized spacial score (nSPS) is 10.7. The van der Waals surface area contributed by atoms with Crippen LogP contribution in [0, 0.1) is 5.82 Å². The molecule has 0 aliphatic rings. The first kappa shape index (κ1) is 17.2. The number of urea groups is 1. The van der Waals surface area contributed by atoms with Crippen molar-refractivity contribution in [1.29, 1.82) is 0 Å². The number of carbonyl (C=O) groups excluding carboxylic acids is 1. The van der Waals surface area contributed by atoms with Crippen molar-refractivity contribution in [3.8, 4) is 5.75 Å². The summed E-state index contributed by atoms with van der Waals surface area (Å²) in [7, 11) is 1.69. The molecule has 0 aliphatic heterocycles. The Morgan fingerprint density at radius 1 is 1.48 bits per heavy atom. The van der Waals surface area contributed by atoms with Gasteiger partial charge in [-0.25, -0.2) is 14.2 Å². The van der Waals surface area contributed by atoms with Crippen LogP contribution in [0.15, 0.2) is 29.8 Å². The molecule has 1 aromatic heterocycles. The summed E-state index contributed by atoms with van der Waals surface area (Å²) in [5.74, 6) is -0.211. The van der Waals surface area contributed by atoms with E-state index in [1.807, 2.05) is 19.2 Å². The summed E-state index contributed by atoms with van der Waals surface area (Å²) < 4.78 is 19.2. The lowest BCUT2D eigenvalue weighted by Gasteiger charge is -2.17. The van der Waals surface area contributed by atoms with Gasteiger partial charge in [0.2, 0.25) is 0 Å². The molecule has 0 saturated carbocycles. The first-order chi connectivity index (χ1) is 11.0. The summed E-state index contributed by atoms with van der Waals surface area (Å²) >= 11 is 1.50. The van der Waals surface area contributed by atoms with Crippen LogP contribution in [0.1, 0.15) is 24.4 Å². The second-order valence-corrected chi connectivity index (χ2v) is 6.35. The summed E-state index contributed by atoms with van der Waals surface area (Å²) in [4.78, 5) is 17.7. The van der Waals surface area contributed by atoms with Gasteiger partial charge in [-0.3, -0.25) is 0 Å². The molecule has 7 heteroatoms. The highest BCUT2D eigenvalue weighted by atomic mass is 32.1. The van der Waals surface area contributed by atoms with E-state index in [-0.39, 0.29) is 24.4 Å². The minimum absolute atomic E-state index is 0.0884. The second-order valence-electron chi connectivity index (χ2n) is 5.37. The molecule has 0 radical (unpaired) electrons. The van der Waals surface area contributed by atoms with Crippen molar-refractivity contribution in [3.05, 3.63) is 46.2 Å². The van der Waals surface area contributed by atoms with Gasteiger partial charge in [-0.1, -0.05) is 6.07 Å². The van der Waals surface area contributed by atoms with E-state index in [1.54, 1.807) is 25.4 Å². The van der Waals surface area contributed by atoms with Gasteiger partial charge in [0.15, 0.2) is 11.6 Å². The fourth-order valence-electron chi connectivity index (χ4n) is 1.92. The van der Waals surface area contributed by atoms with Crippen LogP contribution in [-0.4, -0.2) is 29.1 Å². The molecule has 1 N–H and O–H groups in total. The van der Waals surface area contributed by atoms with Crippen molar-refractivity contribution in [2.75, 3.05) is 7.05 Å². The Bertz CT molecular complexity index is 647. The predicted octanol–water partition coefficient (Wildman–Crippen LogP) is 3.41. The summed E-state index contributed by atoms with van der Waals surface area (Å²) in [6, 6.07) is 4.46. The summed E-state index contributed by atoms with van der Waals surface area (Å²) in [5, 5.41) is 5.49. The van der Waals surface area contributed by atoms with Gasteiger partial charge >= 0.3 is 6.03 Å². The first-order valence-corrected chi connectivity index (χ1v) is 8.16. The molecular formula is C16H20FN3O2S. The van der Waals surface area contributed by atoms with E-state index in [0.29, 0.717) is 12.1 Å². The number of nitrogens with one attached hydrogen (secondary N) is 1. The van der Waals surface area contributed by atoms with Crippen molar-refractivity contribution in [2.24, 2.45) is 0 Å². The minimum atomic E-state index is -0.429. The van der Waals surface area contributed by atoms with Gasteiger partial charge in [0, 0.05) is 25.2 Å². The lowest BCUT2D eigenvalue weighted by Crippen LogP contribution is -2.36. The molecule has 124 valence electrons. The van der Waals surface area contributed by atoms with E-state index in [4.69, 9.17) is 4.74 Å². The number of thiazole rings is 1. The number of carbonyl (C=O) groups is 1. The molecule has 0 fully saturated rings. The largest absolute Gasteiger partial charge is 0.488 e. The van der Waals surface area contributed by atoms with Crippen LogP contribution in [0.3, 0.4) is 0 Å². The predicted molar refractivity (Wildman–Crippen MR) is 88.0 cm³/mol. The van der Waals surface area contributed by atoms with Gasteiger partial charge in [0.1, 0.15) is 5.01 Å². The zero-order chi connectivity index (χ0) is 16.8. The number of ether oxygens (including phenoxy) is 1. The summed E-state index contributed by atoms with van der Waals surface area (Å²) in [5.41, 5.74) is 0.676. The SMILES string of the molecule is CC(C)Oc1ccc(CNC(=O)N(C)Cc2nccs2)cc1F. The first-order valence-electron chi connectivity index (χ1n) is 7.28. The van der Waals surface area contributed by atoms with Crippen molar-refractivity contribution in [2.45, 2.75) is 33.0 Å². The highest BCUT2D eigenvalue weighted by Crippen LogP contribution is 2.19. The average molecular weight is 337 g/mol. The van der Waals surface area contributed by atoms with Gasteiger partial charge in [0.25, 0.3) is 0 Å². The van der Waals surface area contributed by atoms with Crippen molar-refractivity contribution < 1.29 is 13.9 Å². The standard InChI is InChI=1S/C16H20FN3O2S/c1-11(2)22-14-5-4-12(8-13(14)17)9-19-16(21)20(3)10-15-18-6-7-23-15/h4-8,11H,9-10H2,1-3H3,(H,19,21). The molecule has 0 atom stereocenters. The molecule has 2 aromatic rings. The van der Waals surface area contributed by atoms with E-state index in [1.165, 1.54) is 22.3 Å². The Balaban J connectivity index is 1.87. The molecule has 23 heavy (non-hydrogen) atoms. The van der Waals surface area contributed by atoms with Gasteiger partial charge in [0.05, 0.1) is 12.6 Å². The van der Waals surface area contributed by atoms with Crippen molar-refractivity contribution >= 4 is 17.4 Å². The quantitative estimate of drug-likeness (QED) is 0.879. The number of nitrogens with zero attached hydrogens (tertiary/aromatic N) is 2. The average Bonchev–Trinajstić information content (AvgIpc) is 2.99. The Morgan fingerprint density at radius 3 is 2.87 bits per heavy atom. The monoisotopic (exact) mass is 337 g/mol. The number of halogens is 1. The molecule has 0 aliphatic carbocycles. The van der Waals surface area contributed by atoms with E-state index in [9.17, 15) is 9.18 Å². The fourth-order valence-corrected chi connectivity index (χ4v) is 2.59. The summed E-state index contributed by atoms with van der Waals surface area (Å²) in [6.45, 7) is 4.37. The van der Waals surface area contributed by atoms with Crippen LogP contribution < -0.4 is 10.1 Å². The molecule has 0 unspecified atom stereocenters. The van der Waals surface area contributed by atoms with E-state index in [2.05, 4.69) is 10.3 Å². The smallest absolute Gasteiger partial charge is 0.317 e. The third-order valence-electron chi connectivity index (χ3n) is 3.01. The van der Waals surface area contributed by atoms with Crippen LogP contribution >= 0.6 is 11.3 Å². The van der Waals surface area contributed by atoms with Gasteiger partial charge < -0.3 is 15.0 Å². The number of hydrogen-bond donors (Lipinski definition) is 1. The van der Waals surface area contributed by atoms with Crippen molar-refractivity contribution in [3.63, 3.8) is 0 Å². The molecule has 0 bridgehead atoms. The van der Waals surface area contributed by atoms with E-state index >= 15 is 0 Å². The Labute approximate surface area is 139 Å². The maximum atomic E-state index is 13.9. The van der Waals surface area contributed by atoms with E-state index < -0.39 is 5.82 Å². The lowest BCUT2D eigenvalue weighted by atomic mass is 10.2. The summed E-state index contributed by atoms with van der Waals surface area (Å²) in [6.07, 6.45) is 1.62. The molecule has 5 nitrogen and oxygen atoms in total. The zero-order valence-corrected chi connectivity index (χ0v) is 14.2. The molecule has 2 amide bonds. The molecule has 1 heterocycles. The Hall–Kier alpha value is -2.15. The van der Waals surface area contributed by atoms with Crippen LogP contribution in [-0.2, 0) is 13.1 Å². The van der Waals surface area contributed by atoms with Crippen LogP contribution in [0.2, 0.25) is 0 Å². The molecule has 0 saturated heterocycles. The van der Waals surface area contributed by atoms with Crippen LogP contribution in [0.4, 0.5) is 9.18 Å². The molecule has 2 rings (SSSR count). The fraction of sp³-hybridized carbons (Fsp3) is 0.375. The van der Waals surface area contributed by atoms with Gasteiger partial charge in [-0.15, -0.1) is 11.3 Å². The Kier molecular flexibility index (Phi) is 5.92. The van der Waals surface area contributed by atoms with Gasteiger partial charge in [-0.2, -0.15) is 0 Å². The minimum Gasteiger partial charge on any atom is -0.488 e. The number of hydrogen-bond acceptors (Lipinski definition) is 4. The number of benzene rings is 1. The third kappa shape index (κ3) is 5.21. The maximum Gasteiger partial charge on any atom is 0.317 e. The highest BCUT2D eigenvalue weighted by molar-refractivity contribution is 7.09. The molecule has 0 spiro atoms. The van der Waals surface area contributed by atoms with Gasteiger partial charge in [-0.05, 0) is 31.5 Å². The Morgan fingerprint density at radius 2 is 2.26 bits per heavy atom. The topological polar surface area (TPSA) is 54.5 Å². The molecular weight excluding hydrogens is 317 g/mol. The second kappa shape index (κ2) is 7.92. The van der Waals surface area contributed by atoms with Crippen LogP contribution in [0.25, 0.3) is 0 Å². The highest BCUT2D eigenvalue weighted by Gasteiger charge is 2.11. The third-order valence-corrected chi connectivity index (χ3v) is 3.77. The number of rotatable bonds is 6. The van der Waals surface area contributed by atoms with E-state index in [0.717, 1.165) is 5.01 Å². The number of aromatic nitrogens is 1. The van der Waals surface area contributed by atoms with Crippen molar-refractivity contribution in [1.82, 2.24) is 15.2 Å². The lowest BCUT2D eigenvalue weighted by molar-refractivity contribution is 0.206. The molecule has 1 aromatic carbocycles. The maximum absolute atomic E-state index is 13.9. The van der Waals surface area contributed by atoms with Crippen LogP contribution in [0.5, 0.6) is 5.75 Å². The number of amides is 2.